The second kappa shape index (κ2) is 7.85. The monoisotopic (exact) mass is 403 g/mol. The van der Waals surface area contributed by atoms with Crippen LogP contribution in [-0.2, 0) is 11.3 Å². The van der Waals surface area contributed by atoms with Crippen LogP contribution in [-0.4, -0.2) is 43.3 Å². The maximum Gasteiger partial charge on any atom is 0.319 e. The molecule has 0 aliphatic carbocycles. The molecule has 0 radical (unpaired) electrons. The Bertz CT molecular complexity index is 920. The highest BCUT2D eigenvalue weighted by molar-refractivity contribution is 6.30. The lowest BCUT2D eigenvalue weighted by Crippen LogP contribution is -2.40. The van der Waals surface area contributed by atoms with Crippen LogP contribution in [0.5, 0.6) is 17.2 Å². The van der Waals surface area contributed by atoms with Gasteiger partial charge in [0.05, 0.1) is 0 Å². The summed E-state index contributed by atoms with van der Waals surface area (Å²) in [6.07, 6.45) is 0. The average Bonchev–Trinajstić information content (AvgIpc) is 3.08. The Morgan fingerprint density at radius 3 is 2.79 bits per heavy atom. The van der Waals surface area contributed by atoms with Crippen molar-refractivity contribution in [2.75, 3.05) is 31.8 Å². The largest absolute Gasteiger partial charge is 0.483 e. The van der Waals surface area contributed by atoms with Gasteiger partial charge < -0.3 is 29.7 Å². The van der Waals surface area contributed by atoms with Crippen LogP contribution in [0.3, 0.4) is 0 Å². The number of fused-ring (bicyclic) bond motifs is 2. The Labute approximate surface area is 166 Å². The lowest BCUT2D eigenvalue weighted by Gasteiger charge is -2.20. The zero-order valence-corrected chi connectivity index (χ0v) is 15.6. The zero-order chi connectivity index (χ0) is 19.5. The molecule has 0 saturated carbocycles. The first-order chi connectivity index (χ1) is 13.6. The number of ether oxygens (including phenoxy) is 3. The Kier molecular flexibility index (Phi) is 5.12. The highest BCUT2D eigenvalue weighted by atomic mass is 35.5. The van der Waals surface area contributed by atoms with Gasteiger partial charge in [0.15, 0.2) is 18.1 Å². The fourth-order valence-corrected chi connectivity index (χ4v) is 3.19. The average molecular weight is 404 g/mol. The minimum atomic E-state index is -0.374. The number of carbonyl (C=O) groups excluding carboxylic acids is 2. The molecule has 2 aliphatic heterocycles. The summed E-state index contributed by atoms with van der Waals surface area (Å²) >= 11 is 6.03. The molecule has 0 saturated heterocycles. The first-order valence-corrected chi connectivity index (χ1v) is 9.10. The SMILES string of the molecule is O=C(NCCN1Cc2cc(Cl)ccc2OCC1=O)Nc1ccc2c(c1)OCO2. The summed E-state index contributed by atoms with van der Waals surface area (Å²) in [6.45, 7) is 1.14. The third kappa shape index (κ3) is 4.07. The van der Waals surface area contributed by atoms with E-state index in [1.807, 2.05) is 0 Å². The highest BCUT2D eigenvalue weighted by Gasteiger charge is 2.21. The van der Waals surface area contributed by atoms with Crippen LogP contribution in [0.1, 0.15) is 5.56 Å². The van der Waals surface area contributed by atoms with E-state index in [1.165, 1.54) is 0 Å². The molecule has 2 heterocycles. The van der Waals surface area contributed by atoms with Gasteiger partial charge in [-0.15, -0.1) is 0 Å². The lowest BCUT2D eigenvalue weighted by molar-refractivity contribution is -0.133. The molecular weight excluding hydrogens is 386 g/mol. The van der Waals surface area contributed by atoms with Crippen molar-refractivity contribution in [3.63, 3.8) is 0 Å². The van der Waals surface area contributed by atoms with Crippen molar-refractivity contribution in [1.29, 1.82) is 0 Å². The van der Waals surface area contributed by atoms with Gasteiger partial charge in [-0.05, 0) is 30.3 Å². The van der Waals surface area contributed by atoms with Crippen molar-refractivity contribution < 1.29 is 23.8 Å². The predicted octanol–water partition coefficient (Wildman–Crippen LogP) is 2.61. The molecule has 2 N–H and O–H groups in total. The van der Waals surface area contributed by atoms with E-state index < -0.39 is 0 Å². The van der Waals surface area contributed by atoms with Crippen molar-refractivity contribution in [1.82, 2.24) is 10.2 Å². The van der Waals surface area contributed by atoms with Gasteiger partial charge in [0.2, 0.25) is 6.79 Å². The maximum absolute atomic E-state index is 12.3. The van der Waals surface area contributed by atoms with Crippen LogP contribution < -0.4 is 24.8 Å². The van der Waals surface area contributed by atoms with Crippen molar-refractivity contribution in [3.8, 4) is 17.2 Å². The predicted molar refractivity (Wildman–Crippen MR) is 102 cm³/mol. The summed E-state index contributed by atoms with van der Waals surface area (Å²) in [6, 6.07) is 10.0. The molecule has 2 aromatic carbocycles. The summed E-state index contributed by atoms with van der Waals surface area (Å²) in [4.78, 5) is 26.0. The molecule has 0 atom stereocenters. The normalized spacial score (nSPS) is 14.8. The minimum Gasteiger partial charge on any atom is -0.483 e. The summed E-state index contributed by atoms with van der Waals surface area (Å²) in [7, 11) is 0. The van der Waals surface area contributed by atoms with Crippen LogP contribution in [0, 0.1) is 0 Å². The van der Waals surface area contributed by atoms with E-state index in [1.54, 1.807) is 41.3 Å². The number of benzene rings is 2. The molecule has 0 fully saturated rings. The molecule has 0 aromatic heterocycles. The molecule has 0 unspecified atom stereocenters. The zero-order valence-electron chi connectivity index (χ0n) is 14.9. The van der Waals surface area contributed by atoms with E-state index in [0.29, 0.717) is 41.0 Å². The standard InChI is InChI=1S/C19H18ClN3O5/c20-13-1-3-15-12(7-13)9-23(18(24)10-26-15)6-5-21-19(25)22-14-2-4-16-17(8-14)28-11-27-16/h1-4,7-8H,5-6,9-11H2,(H2,21,22,25). The molecular formula is C19H18ClN3O5. The number of anilines is 1. The number of hydrogen-bond donors (Lipinski definition) is 2. The van der Waals surface area contributed by atoms with Crippen molar-refractivity contribution >= 4 is 29.2 Å². The van der Waals surface area contributed by atoms with Crippen LogP contribution in [0.2, 0.25) is 5.02 Å². The summed E-state index contributed by atoms with van der Waals surface area (Å²) < 4.78 is 16.0. The van der Waals surface area contributed by atoms with Gasteiger partial charge in [-0.25, -0.2) is 4.79 Å². The second-order valence-corrected chi connectivity index (χ2v) is 6.74. The molecule has 4 rings (SSSR count). The molecule has 8 nitrogen and oxygen atoms in total. The molecule has 3 amide bonds. The van der Waals surface area contributed by atoms with Crippen LogP contribution in [0.15, 0.2) is 36.4 Å². The van der Waals surface area contributed by atoms with Gasteiger partial charge in [0, 0.05) is 42.0 Å². The van der Waals surface area contributed by atoms with Gasteiger partial charge >= 0.3 is 6.03 Å². The first kappa shape index (κ1) is 18.2. The van der Waals surface area contributed by atoms with Gasteiger partial charge in [0.1, 0.15) is 5.75 Å². The highest BCUT2D eigenvalue weighted by Crippen LogP contribution is 2.34. The van der Waals surface area contributed by atoms with E-state index in [0.717, 1.165) is 5.56 Å². The van der Waals surface area contributed by atoms with Crippen LogP contribution in [0.25, 0.3) is 0 Å². The summed E-state index contributed by atoms with van der Waals surface area (Å²) in [5, 5.41) is 6.05. The molecule has 2 aromatic rings. The molecule has 0 spiro atoms. The number of amides is 3. The molecule has 28 heavy (non-hydrogen) atoms. The Morgan fingerprint density at radius 1 is 1.07 bits per heavy atom. The number of hydrogen-bond acceptors (Lipinski definition) is 5. The van der Waals surface area contributed by atoms with Gasteiger partial charge in [0.25, 0.3) is 5.91 Å². The number of nitrogens with one attached hydrogen (secondary N) is 2. The topological polar surface area (TPSA) is 89.1 Å². The quantitative estimate of drug-likeness (QED) is 0.819. The number of rotatable bonds is 4. The Hall–Kier alpha value is -3.13. The van der Waals surface area contributed by atoms with E-state index in [4.69, 9.17) is 25.8 Å². The van der Waals surface area contributed by atoms with Crippen molar-refractivity contribution in [2.45, 2.75) is 6.54 Å². The lowest BCUT2D eigenvalue weighted by atomic mass is 10.2. The Morgan fingerprint density at radius 2 is 1.89 bits per heavy atom. The fourth-order valence-electron chi connectivity index (χ4n) is 2.99. The van der Waals surface area contributed by atoms with E-state index in [9.17, 15) is 9.59 Å². The van der Waals surface area contributed by atoms with Crippen molar-refractivity contribution in [2.24, 2.45) is 0 Å². The molecule has 0 bridgehead atoms. The fraction of sp³-hybridized carbons (Fsp3) is 0.263. The van der Waals surface area contributed by atoms with E-state index in [-0.39, 0.29) is 31.9 Å². The summed E-state index contributed by atoms with van der Waals surface area (Å²) in [5.74, 6) is 1.73. The van der Waals surface area contributed by atoms with Crippen molar-refractivity contribution in [3.05, 3.63) is 47.0 Å². The number of carbonyl (C=O) groups is 2. The van der Waals surface area contributed by atoms with Gasteiger partial charge in [-0.1, -0.05) is 11.6 Å². The third-order valence-corrected chi connectivity index (χ3v) is 4.62. The number of halogens is 1. The van der Waals surface area contributed by atoms with Gasteiger partial charge in [-0.3, -0.25) is 4.79 Å². The minimum absolute atomic E-state index is 0.0436. The third-order valence-electron chi connectivity index (χ3n) is 4.39. The summed E-state index contributed by atoms with van der Waals surface area (Å²) in [5.41, 5.74) is 1.42. The first-order valence-electron chi connectivity index (χ1n) is 8.72. The van der Waals surface area contributed by atoms with E-state index >= 15 is 0 Å². The Balaban J connectivity index is 1.30. The van der Waals surface area contributed by atoms with Crippen LogP contribution in [0.4, 0.5) is 10.5 Å². The number of nitrogens with zero attached hydrogens (tertiary/aromatic N) is 1. The van der Waals surface area contributed by atoms with Crippen LogP contribution >= 0.6 is 11.6 Å². The van der Waals surface area contributed by atoms with Gasteiger partial charge in [-0.2, -0.15) is 0 Å². The smallest absolute Gasteiger partial charge is 0.319 e. The number of urea groups is 1. The molecule has 2 aliphatic rings. The second-order valence-electron chi connectivity index (χ2n) is 6.30. The maximum atomic E-state index is 12.3. The molecule has 146 valence electrons. The van der Waals surface area contributed by atoms with E-state index in [2.05, 4.69) is 10.6 Å². The molecule has 9 heteroatoms.